The number of benzene rings is 1. The fourth-order valence-corrected chi connectivity index (χ4v) is 1.38. The zero-order chi connectivity index (χ0) is 9.26. The minimum atomic E-state index is -1.35. The van der Waals surface area contributed by atoms with E-state index in [4.69, 9.17) is 14.5 Å². The van der Waals surface area contributed by atoms with Crippen LogP contribution in [0.3, 0.4) is 0 Å². The molecule has 0 saturated carbocycles. The highest BCUT2D eigenvalue weighted by molar-refractivity contribution is 6.40. The van der Waals surface area contributed by atoms with E-state index < -0.39 is 7.12 Å². The molecule has 66 valence electrons. The zero-order valence-electron chi connectivity index (χ0n) is 6.97. The van der Waals surface area contributed by atoms with Gasteiger partial charge in [-0.2, -0.15) is 0 Å². The van der Waals surface area contributed by atoms with Gasteiger partial charge in [0, 0.05) is 17.1 Å². The lowest BCUT2D eigenvalue weighted by atomic mass is 9.84. The van der Waals surface area contributed by atoms with Crippen LogP contribution in [0, 0.1) is 0 Å². The van der Waals surface area contributed by atoms with E-state index in [0.29, 0.717) is 5.76 Å². The van der Waals surface area contributed by atoms with Gasteiger partial charge < -0.3 is 14.5 Å². The van der Waals surface area contributed by atoms with Gasteiger partial charge in [-0.05, 0) is 0 Å². The third kappa shape index (κ3) is 1.59. The van der Waals surface area contributed by atoms with E-state index in [-0.39, 0.29) is 6.32 Å². The fraction of sp³-hybridized carbons (Fsp3) is 0.111. The number of furan rings is 1. The first-order valence-electron chi connectivity index (χ1n) is 4.08. The van der Waals surface area contributed by atoms with Gasteiger partial charge in [0.05, 0.1) is 6.26 Å². The summed E-state index contributed by atoms with van der Waals surface area (Å²) in [5.74, 6) is 0.616. The van der Waals surface area contributed by atoms with Crippen LogP contribution in [0.4, 0.5) is 0 Å². The maximum atomic E-state index is 8.78. The summed E-state index contributed by atoms with van der Waals surface area (Å²) in [6, 6.07) is 7.63. The Kier molecular flexibility index (Phi) is 2.08. The highest BCUT2D eigenvalue weighted by atomic mass is 16.4. The summed E-state index contributed by atoms with van der Waals surface area (Å²) in [4.78, 5) is 0. The van der Waals surface area contributed by atoms with Crippen molar-refractivity contribution in [1.82, 2.24) is 0 Å². The van der Waals surface area contributed by atoms with Crippen LogP contribution in [-0.4, -0.2) is 17.2 Å². The van der Waals surface area contributed by atoms with E-state index in [1.54, 1.807) is 6.26 Å². The molecule has 1 heterocycles. The van der Waals surface area contributed by atoms with Crippen molar-refractivity contribution in [2.24, 2.45) is 0 Å². The lowest BCUT2D eigenvalue weighted by molar-refractivity contribution is 0.396. The van der Waals surface area contributed by atoms with E-state index in [1.807, 2.05) is 24.3 Å². The van der Waals surface area contributed by atoms with Crippen LogP contribution in [0.2, 0.25) is 0 Å². The number of hydrogen-bond donors (Lipinski definition) is 2. The monoisotopic (exact) mass is 176 g/mol. The Bertz CT molecular complexity index is 408. The summed E-state index contributed by atoms with van der Waals surface area (Å²) in [6.45, 7) is 0. The summed E-state index contributed by atoms with van der Waals surface area (Å²) in [5, 5.41) is 19.5. The molecule has 0 aliphatic rings. The average molecular weight is 176 g/mol. The van der Waals surface area contributed by atoms with Gasteiger partial charge in [0.15, 0.2) is 0 Å². The molecule has 0 unspecified atom stereocenters. The van der Waals surface area contributed by atoms with Crippen molar-refractivity contribution in [3.63, 3.8) is 0 Å². The van der Waals surface area contributed by atoms with Crippen LogP contribution < -0.4 is 0 Å². The second-order valence-corrected chi connectivity index (χ2v) is 2.93. The minimum Gasteiger partial charge on any atom is -0.469 e. The fourth-order valence-electron chi connectivity index (χ4n) is 1.38. The summed E-state index contributed by atoms with van der Waals surface area (Å²) in [7, 11) is -1.35. The van der Waals surface area contributed by atoms with Crippen LogP contribution in [-0.2, 0) is 6.32 Å². The van der Waals surface area contributed by atoms with Crippen molar-refractivity contribution in [1.29, 1.82) is 0 Å². The molecule has 0 radical (unpaired) electrons. The van der Waals surface area contributed by atoms with Gasteiger partial charge >= 0.3 is 7.12 Å². The number of hydrogen-bond acceptors (Lipinski definition) is 3. The van der Waals surface area contributed by atoms with Crippen molar-refractivity contribution in [2.45, 2.75) is 6.32 Å². The molecule has 0 aliphatic carbocycles. The van der Waals surface area contributed by atoms with Crippen LogP contribution in [0.5, 0.6) is 0 Å². The van der Waals surface area contributed by atoms with Gasteiger partial charge in [-0.15, -0.1) is 0 Å². The second kappa shape index (κ2) is 3.24. The minimum absolute atomic E-state index is 0.132. The molecule has 2 rings (SSSR count). The molecular formula is C9H9BO3. The van der Waals surface area contributed by atoms with Crippen LogP contribution in [0.25, 0.3) is 10.8 Å². The highest BCUT2D eigenvalue weighted by Gasteiger charge is 2.13. The molecule has 1 aromatic carbocycles. The Balaban J connectivity index is 2.46. The first-order valence-corrected chi connectivity index (χ1v) is 4.08. The Morgan fingerprint density at radius 2 is 2.00 bits per heavy atom. The van der Waals surface area contributed by atoms with E-state index in [2.05, 4.69) is 0 Å². The van der Waals surface area contributed by atoms with E-state index in [9.17, 15) is 0 Å². The first kappa shape index (κ1) is 8.35. The van der Waals surface area contributed by atoms with Crippen LogP contribution in [0.1, 0.15) is 5.76 Å². The molecule has 0 bridgehead atoms. The molecule has 0 amide bonds. The molecule has 4 heteroatoms. The summed E-state index contributed by atoms with van der Waals surface area (Å²) in [6.07, 6.45) is 1.75. The van der Waals surface area contributed by atoms with Crippen molar-refractivity contribution in [2.75, 3.05) is 0 Å². The van der Waals surface area contributed by atoms with Crippen molar-refractivity contribution < 1.29 is 14.5 Å². The third-order valence-electron chi connectivity index (χ3n) is 1.96. The third-order valence-corrected chi connectivity index (χ3v) is 1.96. The average Bonchev–Trinajstić information content (AvgIpc) is 2.48. The topological polar surface area (TPSA) is 53.6 Å². The lowest BCUT2D eigenvalue weighted by Gasteiger charge is -1.95. The SMILES string of the molecule is OB(O)Cc1occ2ccccc12. The molecule has 1 aromatic heterocycles. The van der Waals surface area contributed by atoms with Gasteiger partial charge in [-0.3, -0.25) is 0 Å². The standard InChI is InChI=1S/C9H9BO3/c11-10(12)5-9-8-4-2-1-3-7(8)6-13-9/h1-4,6,11-12H,5H2. The summed E-state index contributed by atoms with van der Waals surface area (Å²) < 4.78 is 5.21. The molecule has 0 spiro atoms. The van der Waals surface area contributed by atoms with Crippen LogP contribution >= 0.6 is 0 Å². The highest BCUT2D eigenvalue weighted by Crippen LogP contribution is 2.20. The molecule has 0 saturated heterocycles. The van der Waals surface area contributed by atoms with Gasteiger partial charge in [-0.1, -0.05) is 24.3 Å². The predicted molar refractivity (Wildman–Crippen MR) is 50.1 cm³/mol. The molecule has 0 aliphatic heterocycles. The van der Waals surface area contributed by atoms with E-state index >= 15 is 0 Å². The molecule has 0 atom stereocenters. The largest absolute Gasteiger partial charge is 0.469 e. The molecule has 0 fully saturated rings. The van der Waals surface area contributed by atoms with Gasteiger partial charge in [-0.25, -0.2) is 0 Å². The Labute approximate surface area is 75.8 Å². The van der Waals surface area contributed by atoms with E-state index in [1.165, 1.54) is 0 Å². The normalized spacial score (nSPS) is 10.6. The summed E-state index contributed by atoms with van der Waals surface area (Å²) in [5.41, 5.74) is 0. The first-order chi connectivity index (χ1) is 6.27. The van der Waals surface area contributed by atoms with Crippen molar-refractivity contribution >= 4 is 17.9 Å². The quantitative estimate of drug-likeness (QED) is 0.670. The van der Waals surface area contributed by atoms with Gasteiger partial charge in [0.25, 0.3) is 0 Å². The Hall–Kier alpha value is -1.26. The van der Waals surface area contributed by atoms with Gasteiger partial charge in [0.2, 0.25) is 0 Å². The van der Waals surface area contributed by atoms with Crippen molar-refractivity contribution in [3.8, 4) is 0 Å². The number of fused-ring (bicyclic) bond motifs is 1. The molecule has 13 heavy (non-hydrogen) atoms. The lowest BCUT2D eigenvalue weighted by Crippen LogP contribution is -2.14. The van der Waals surface area contributed by atoms with Gasteiger partial charge in [0.1, 0.15) is 5.76 Å². The Morgan fingerprint density at radius 1 is 1.23 bits per heavy atom. The maximum absolute atomic E-state index is 8.78. The summed E-state index contributed by atoms with van der Waals surface area (Å²) >= 11 is 0. The second-order valence-electron chi connectivity index (χ2n) is 2.93. The smallest absolute Gasteiger partial charge is 0.459 e. The molecule has 2 aromatic rings. The van der Waals surface area contributed by atoms with Crippen molar-refractivity contribution in [3.05, 3.63) is 36.3 Å². The zero-order valence-corrected chi connectivity index (χ0v) is 6.97. The Morgan fingerprint density at radius 3 is 2.77 bits per heavy atom. The molecule has 2 N–H and O–H groups in total. The molecular weight excluding hydrogens is 167 g/mol. The van der Waals surface area contributed by atoms with Crippen LogP contribution in [0.15, 0.2) is 34.9 Å². The van der Waals surface area contributed by atoms with E-state index in [0.717, 1.165) is 10.8 Å². The number of rotatable bonds is 2. The molecule has 3 nitrogen and oxygen atoms in total. The maximum Gasteiger partial charge on any atom is 0.459 e. The predicted octanol–water partition coefficient (Wildman–Crippen LogP) is 0.987.